The number of benzene rings is 3. The van der Waals surface area contributed by atoms with E-state index in [1.54, 1.807) is 24.3 Å². The predicted octanol–water partition coefficient (Wildman–Crippen LogP) is 5.87. The molecule has 1 aliphatic heterocycles. The molecule has 37 heavy (non-hydrogen) atoms. The number of methoxy groups -OCH3 is 1. The summed E-state index contributed by atoms with van der Waals surface area (Å²) in [6.07, 6.45) is 1.65. The van der Waals surface area contributed by atoms with Crippen LogP contribution in [0, 0.1) is 20.8 Å². The number of nitrogens with zero attached hydrogens (tertiary/aromatic N) is 1. The van der Waals surface area contributed by atoms with E-state index in [-0.39, 0.29) is 30.2 Å². The molecular formula is C29H28N2O5S. The minimum Gasteiger partial charge on any atom is -0.493 e. The number of imide groups is 1. The molecule has 0 atom stereocenters. The molecule has 3 aromatic rings. The topological polar surface area (TPSA) is 84.9 Å². The van der Waals surface area contributed by atoms with Crippen molar-refractivity contribution < 1.29 is 23.9 Å². The average molecular weight is 517 g/mol. The molecule has 4 rings (SSSR count). The number of carbonyl (C=O) groups is 3. The fourth-order valence-electron chi connectivity index (χ4n) is 3.96. The van der Waals surface area contributed by atoms with Gasteiger partial charge in [-0.05, 0) is 73.5 Å². The Bertz CT molecular complexity index is 1400. The molecule has 0 radical (unpaired) electrons. The van der Waals surface area contributed by atoms with Crippen molar-refractivity contribution in [3.8, 4) is 11.5 Å². The quantitative estimate of drug-likeness (QED) is 0.377. The number of carbonyl (C=O) groups excluding carboxylic acids is 3. The van der Waals surface area contributed by atoms with Crippen LogP contribution in [0.1, 0.15) is 27.8 Å². The maximum absolute atomic E-state index is 12.9. The summed E-state index contributed by atoms with van der Waals surface area (Å²) in [6.45, 7) is 5.93. The summed E-state index contributed by atoms with van der Waals surface area (Å²) in [6, 6.07) is 18.6. The Kier molecular flexibility index (Phi) is 7.98. The summed E-state index contributed by atoms with van der Waals surface area (Å²) in [7, 11) is 1.50. The van der Waals surface area contributed by atoms with Gasteiger partial charge in [-0.25, -0.2) is 0 Å². The second-order valence-electron chi connectivity index (χ2n) is 8.82. The summed E-state index contributed by atoms with van der Waals surface area (Å²) in [5.74, 6) is 0.175. The first-order valence-electron chi connectivity index (χ1n) is 11.7. The van der Waals surface area contributed by atoms with Crippen molar-refractivity contribution in [2.24, 2.45) is 0 Å². The SMILES string of the molecule is COc1cc(/C=C2\SC(=O)N(Cc3cccc(C)c3)C2=O)ccc1OCC(=O)Nc1ccc(C)cc1C. The third-order valence-corrected chi connectivity index (χ3v) is 6.70. The third-order valence-electron chi connectivity index (χ3n) is 5.80. The number of amides is 3. The Hall–Kier alpha value is -4.04. The fraction of sp³-hybridized carbons (Fsp3) is 0.207. The number of rotatable bonds is 8. The Balaban J connectivity index is 1.42. The molecule has 0 aromatic heterocycles. The van der Waals surface area contributed by atoms with Gasteiger partial charge in [0.25, 0.3) is 17.1 Å². The standard InChI is InChI=1S/C29H28N2O5S/c1-18-6-5-7-22(13-18)16-31-28(33)26(37-29(31)34)15-21-9-11-24(25(14-21)35-4)36-17-27(32)30-23-10-8-19(2)12-20(23)3/h5-15H,16-17H2,1-4H3,(H,30,32)/b26-15-. The summed E-state index contributed by atoms with van der Waals surface area (Å²) in [5.41, 5.74) is 5.46. The van der Waals surface area contributed by atoms with E-state index < -0.39 is 0 Å². The monoisotopic (exact) mass is 516 g/mol. The second kappa shape index (κ2) is 11.3. The molecule has 0 saturated carbocycles. The first-order valence-corrected chi connectivity index (χ1v) is 12.5. The van der Waals surface area contributed by atoms with Crippen molar-refractivity contribution >= 4 is 40.6 Å². The van der Waals surface area contributed by atoms with E-state index in [9.17, 15) is 14.4 Å². The van der Waals surface area contributed by atoms with E-state index in [4.69, 9.17) is 9.47 Å². The van der Waals surface area contributed by atoms with Crippen LogP contribution >= 0.6 is 11.8 Å². The lowest BCUT2D eigenvalue weighted by atomic mass is 10.1. The van der Waals surface area contributed by atoms with Crippen molar-refractivity contribution in [2.45, 2.75) is 27.3 Å². The number of anilines is 1. The van der Waals surface area contributed by atoms with E-state index in [0.717, 1.165) is 39.7 Å². The number of hydrogen-bond donors (Lipinski definition) is 1. The van der Waals surface area contributed by atoms with Crippen molar-refractivity contribution in [3.05, 3.63) is 93.4 Å². The van der Waals surface area contributed by atoms with E-state index in [2.05, 4.69) is 5.32 Å². The van der Waals surface area contributed by atoms with Crippen molar-refractivity contribution in [3.63, 3.8) is 0 Å². The molecule has 3 aromatic carbocycles. The van der Waals surface area contributed by atoms with Crippen molar-refractivity contribution in [1.29, 1.82) is 0 Å². The Morgan fingerprint density at radius 1 is 0.973 bits per heavy atom. The fourth-order valence-corrected chi connectivity index (χ4v) is 4.80. The van der Waals surface area contributed by atoms with Gasteiger partial charge in [0.05, 0.1) is 18.6 Å². The molecule has 0 aliphatic carbocycles. The second-order valence-corrected chi connectivity index (χ2v) is 9.82. The molecule has 1 fully saturated rings. The molecule has 1 heterocycles. The van der Waals surface area contributed by atoms with Gasteiger partial charge in [0.1, 0.15) is 0 Å². The first-order chi connectivity index (χ1) is 17.7. The molecule has 0 unspecified atom stereocenters. The van der Waals surface area contributed by atoms with Crippen LogP contribution in [0.4, 0.5) is 10.5 Å². The van der Waals surface area contributed by atoms with Gasteiger partial charge in [0.15, 0.2) is 18.1 Å². The lowest BCUT2D eigenvalue weighted by molar-refractivity contribution is -0.123. The molecule has 7 nitrogen and oxygen atoms in total. The maximum atomic E-state index is 12.9. The molecule has 3 amide bonds. The van der Waals surface area contributed by atoms with Gasteiger partial charge in [-0.3, -0.25) is 19.3 Å². The molecule has 8 heteroatoms. The highest BCUT2D eigenvalue weighted by molar-refractivity contribution is 8.18. The normalized spacial score (nSPS) is 14.3. The van der Waals surface area contributed by atoms with Gasteiger partial charge in [0.2, 0.25) is 0 Å². The number of nitrogens with one attached hydrogen (secondary N) is 1. The molecule has 1 N–H and O–H groups in total. The number of ether oxygens (including phenoxy) is 2. The Morgan fingerprint density at radius 3 is 2.49 bits per heavy atom. The van der Waals surface area contributed by atoms with E-state index in [1.165, 1.54) is 12.0 Å². The van der Waals surface area contributed by atoms with Gasteiger partial charge in [0, 0.05) is 5.69 Å². The summed E-state index contributed by atoms with van der Waals surface area (Å²) in [5, 5.41) is 2.54. The van der Waals surface area contributed by atoms with E-state index in [1.807, 2.05) is 63.2 Å². The first kappa shape index (κ1) is 26.0. The highest BCUT2D eigenvalue weighted by Crippen LogP contribution is 2.35. The van der Waals surface area contributed by atoms with Crippen LogP contribution in [0.25, 0.3) is 6.08 Å². The third kappa shape index (κ3) is 6.40. The molecule has 1 saturated heterocycles. The van der Waals surface area contributed by atoms with Gasteiger partial charge in [-0.15, -0.1) is 0 Å². The van der Waals surface area contributed by atoms with Crippen LogP contribution in [-0.4, -0.2) is 35.7 Å². The van der Waals surface area contributed by atoms with E-state index >= 15 is 0 Å². The number of hydrogen-bond acceptors (Lipinski definition) is 6. The minimum atomic E-state index is -0.334. The van der Waals surface area contributed by atoms with Crippen LogP contribution in [-0.2, 0) is 16.1 Å². The van der Waals surface area contributed by atoms with Crippen LogP contribution in [0.3, 0.4) is 0 Å². The molecule has 0 spiro atoms. The Labute approximate surface area is 220 Å². The Morgan fingerprint density at radius 2 is 1.76 bits per heavy atom. The molecule has 1 aliphatic rings. The van der Waals surface area contributed by atoms with Crippen molar-refractivity contribution in [2.75, 3.05) is 19.0 Å². The van der Waals surface area contributed by atoms with Crippen LogP contribution in [0.15, 0.2) is 65.6 Å². The highest BCUT2D eigenvalue weighted by Gasteiger charge is 2.35. The van der Waals surface area contributed by atoms with Crippen LogP contribution in [0.5, 0.6) is 11.5 Å². The molecule has 190 valence electrons. The van der Waals surface area contributed by atoms with Gasteiger partial charge in [-0.2, -0.15) is 0 Å². The minimum absolute atomic E-state index is 0.194. The van der Waals surface area contributed by atoms with Crippen LogP contribution in [0.2, 0.25) is 0 Å². The predicted molar refractivity (Wildman–Crippen MR) is 146 cm³/mol. The lowest BCUT2D eigenvalue weighted by Crippen LogP contribution is -2.27. The van der Waals surface area contributed by atoms with Crippen LogP contribution < -0.4 is 14.8 Å². The molecular weight excluding hydrogens is 488 g/mol. The molecule has 0 bridgehead atoms. The number of aryl methyl sites for hydroxylation is 3. The van der Waals surface area contributed by atoms with Gasteiger partial charge in [-0.1, -0.05) is 53.6 Å². The van der Waals surface area contributed by atoms with Gasteiger partial charge >= 0.3 is 0 Å². The summed E-state index contributed by atoms with van der Waals surface area (Å²) in [4.78, 5) is 39.4. The summed E-state index contributed by atoms with van der Waals surface area (Å²) < 4.78 is 11.1. The number of thioether (sulfide) groups is 1. The van der Waals surface area contributed by atoms with E-state index in [0.29, 0.717) is 22.0 Å². The zero-order chi connectivity index (χ0) is 26.5. The lowest BCUT2D eigenvalue weighted by Gasteiger charge is -2.13. The largest absolute Gasteiger partial charge is 0.493 e. The zero-order valence-electron chi connectivity index (χ0n) is 21.2. The van der Waals surface area contributed by atoms with Gasteiger partial charge < -0.3 is 14.8 Å². The summed E-state index contributed by atoms with van der Waals surface area (Å²) >= 11 is 0.908. The highest BCUT2D eigenvalue weighted by atomic mass is 32.2. The zero-order valence-corrected chi connectivity index (χ0v) is 22.0. The smallest absolute Gasteiger partial charge is 0.293 e. The average Bonchev–Trinajstić information content (AvgIpc) is 3.12. The maximum Gasteiger partial charge on any atom is 0.293 e. The van der Waals surface area contributed by atoms with Crippen molar-refractivity contribution in [1.82, 2.24) is 4.90 Å².